The third kappa shape index (κ3) is 4.42. The molecule has 1 N–H and O–H groups in total. The summed E-state index contributed by atoms with van der Waals surface area (Å²) in [5.41, 5.74) is 1.03. The number of ether oxygens (including phenoxy) is 1. The van der Waals surface area contributed by atoms with Crippen molar-refractivity contribution in [3.63, 3.8) is 0 Å². The maximum absolute atomic E-state index is 13.0. The van der Waals surface area contributed by atoms with E-state index in [-0.39, 0.29) is 5.82 Å². The molecule has 134 valence electrons. The van der Waals surface area contributed by atoms with Gasteiger partial charge in [-0.25, -0.2) is 9.37 Å². The Kier molecular flexibility index (Phi) is 4.97. The van der Waals surface area contributed by atoms with Crippen molar-refractivity contribution in [2.45, 2.75) is 6.54 Å². The van der Waals surface area contributed by atoms with E-state index < -0.39 is 0 Å². The first kappa shape index (κ1) is 17.0. The second-order valence-corrected chi connectivity index (χ2v) is 6.56. The minimum Gasteiger partial charge on any atom is -0.439 e. The maximum atomic E-state index is 13.0. The van der Waals surface area contributed by atoms with Gasteiger partial charge in [-0.05, 0) is 24.3 Å². The number of hydrogen-bond acceptors (Lipinski definition) is 7. The summed E-state index contributed by atoms with van der Waals surface area (Å²) in [6.45, 7) is 0.449. The van der Waals surface area contributed by atoms with Crippen molar-refractivity contribution in [1.29, 1.82) is 0 Å². The van der Waals surface area contributed by atoms with E-state index in [1.807, 2.05) is 30.3 Å². The van der Waals surface area contributed by atoms with E-state index in [2.05, 4.69) is 25.5 Å². The number of anilines is 1. The monoisotopic (exact) mass is 379 g/mol. The molecule has 4 aromatic rings. The fourth-order valence-corrected chi connectivity index (χ4v) is 3.07. The summed E-state index contributed by atoms with van der Waals surface area (Å²) in [4.78, 5) is 8.46. The molecule has 2 aromatic carbocycles. The first-order chi connectivity index (χ1) is 13.3. The summed E-state index contributed by atoms with van der Waals surface area (Å²) in [5, 5.41) is 13.2. The highest BCUT2D eigenvalue weighted by Crippen LogP contribution is 2.24. The molecule has 2 heterocycles. The molecule has 2 aromatic heterocycles. The van der Waals surface area contributed by atoms with Crippen LogP contribution in [0.25, 0.3) is 10.6 Å². The molecule has 6 nitrogen and oxygen atoms in total. The number of nitrogens with one attached hydrogen (secondary N) is 1. The van der Waals surface area contributed by atoms with Crippen LogP contribution < -0.4 is 10.1 Å². The number of nitrogens with zero attached hydrogens (tertiary/aromatic N) is 4. The Morgan fingerprint density at radius 1 is 0.963 bits per heavy atom. The minimum absolute atomic E-state index is 0.320. The smallest absolute Gasteiger partial charge is 0.226 e. The van der Waals surface area contributed by atoms with E-state index in [0.29, 0.717) is 24.1 Å². The van der Waals surface area contributed by atoms with Crippen LogP contribution >= 0.6 is 11.3 Å². The number of hydrogen-bond donors (Lipinski definition) is 1. The minimum atomic E-state index is -0.320. The second-order valence-electron chi connectivity index (χ2n) is 5.49. The number of rotatable bonds is 6. The van der Waals surface area contributed by atoms with Gasteiger partial charge in [0.1, 0.15) is 21.6 Å². The van der Waals surface area contributed by atoms with Crippen LogP contribution in [0.4, 0.5) is 10.3 Å². The Bertz CT molecular complexity index is 1020. The highest BCUT2D eigenvalue weighted by atomic mass is 32.1. The number of aromatic nitrogens is 4. The molecule has 0 saturated carbocycles. The van der Waals surface area contributed by atoms with Gasteiger partial charge in [0.05, 0.1) is 6.54 Å². The van der Waals surface area contributed by atoms with Gasteiger partial charge in [0.25, 0.3) is 0 Å². The van der Waals surface area contributed by atoms with Crippen LogP contribution in [0.3, 0.4) is 0 Å². The van der Waals surface area contributed by atoms with E-state index in [4.69, 9.17) is 4.74 Å². The van der Waals surface area contributed by atoms with Crippen LogP contribution in [0, 0.1) is 5.82 Å². The molecule has 0 atom stereocenters. The summed E-state index contributed by atoms with van der Waals surface area (Å²) in [6.07, 6.45) is 1.59. The topological polar surface area (TPSA) is 72.8 Å². The zero-order valence-corrected chi connectivity index (χ0v) is 14.9. The highest BCUT2D eigenvalue weighted by Gasteiger charge is 2.07. The van der Waals surface area contributed by atoms with Gasteiger partial charge in [0, 0.05) is 17.8 Å². The number of benzene rings is 2. The quantitative estimate of drug-likeness (QED) is 0.530. The Morgan fingerprint density at radius 3 is 2.59 bits per heavy atom. The standard InChI is InChI=1S/C19H14FN5OS/c20-14-6-8-15(9-7-14)26-16-10-11-21-19(23-16)22-12-17-24-25-18(27-17)13-4-2-1-3-5-13/h1-11H,12H2,(H,21,22,23). The van der Waals surface area contributed by atoms with Crippen molar-refractivity contribution in [2.75, 3.05) is 5.32 Å². The lowest BCUT2D eigenvalue weighted by Crippen LogP contribution is -2.03. The van der Waals surface area contributed by atoms with Crippen LogP contribution in [0.5, 0.6) is 11.6 Å². The second kappa shape index (κ2) is 7.88. The summed E-state index contributed by atoms with van der Waals surface area (Å²) >= 11 is 1.51. The first-order valence-electron chi connectivity index (χ1n) is 8.14. The Labute approximate surface area is 158 Å². The van der Waals surface area contributed by atoms with E-state index in [9.17, 15) is 4.39 Å². The van der Waals surface area contributed by atoms with Gasteiger partial charge in [0.15, 0.2) is 0 Å². The molecular formula is C19H14FN5OS. The molecule has 0 aliphatic carbocycles. The molecule has 0 fully saturated rings. The highest BCUT2D eigenvalue weighted by molar-refractivity contribution is 7.14. The Hall–Kier alpha value is -3.39. The van der Waals surface area contributed by atoms with E-state index in [1.165, 1.54) is 35.6 Å². The number of halogens is 1. The van der Waals surface area contributed by atoms with Gasteiger partial charge in [-0.2, -0.15) is 4.98 Å². The average Bonchev–Trinajstić information content (AvgIpc) is 3.18. The third-order valence-corrected chi connectivity index (χ3v) is 4.52. The molecule has 0 bridgehead atoms. The van der Waals surface area contributed by atoms with E-state index in [1.54, 1.807) is 12.3 Å². The fourth-order valence-electron chi connectivity index (χ4n) is 2.28. The maximum Gasteiger partial charge on any atom is 0.226 e. The SMILES string of the molecule is Fc1ccc(Oc2ccnc(NCc3nnc(-c4ccccc4)s3)n2)cc1. The van der Waals surface area contributed by atoms with Crippen molar-refractivity contribution < 1.29 is 9.13 Å². The lowest BCUT2D eigenvalue weighted by molar-refractivity contribution is 0.460. The summed E-state index contributed by atoms with van der Waals surface area (Å²) < 4.78 is 18.6. The summed E-state index contributed by atoms with van der Waals surface area (Å²) in [7, 11) is 0. The first-order valence-corrected chi connectivity index (χ1v) is 8.96. The van der Waals surface area contributed by atoms with Gasteiger partial charge in [0.2, 0.25) is 11.8 Å². The molecule has 0 radical (unpaired) electrons. The lowest BCUT2D eigenvalue weighted by Gasteiger charge is -2.06. The van der Waals surface area contributed by atoms with Crippen molar-refractivity contribution in [2.24, 2.45) is 0 Å². The van der Waals surface area contributed by atoms with Gasteiger partial charge in [-0.1, -0.05) is 41.7 Å². The largest absolute Gasteiger partial charge is 0.439 e. The van der Waals surface area contributed by atoms with Gasteiger partial charge in [-0.15, -0.1) is 10.2 Å². The molecule has 4 rings (SSSR count). The van der Waals surface area contributed by atoms with Crippen LogP contribution in [-0.4, -0.2) is 20.2 Å². The molecule has 0 aliphatic rings. The lowest BCUT2D eigenvalue weighted by atomic mass is 10.2. The normalized spacial score (nSPS) is 10.6. The van der Waals surface area contributed by atoms with E-state index in [0.717, 1.165) is 15.6 Å². The molecule has 0 saturated heterocycles. The van der Waals surface area contributed by atoms with Crippen LogP contribution in [0.2, 0.25) is 0 Å². The zero-order chi connectivity index (χ0) is 18.5. The third-order valence-electron chi connectivity index (χ3n) is 3.55. The van der Waals surface area contributed by atoms with Crippen molar-refractivity contribution in [3.8, 4) is 22.2 Å². The van der Waals surface area contributed by atoms with Crippen LogP contribution in [-0.2, 0) is 6.54 Å². The molecule has 0 unspecified atom stereocenters. The van der Waals surface area contributed by atoms with Crippen molar-refractivity contribution in [3.05, 3.63) is 77.7 Å². The molecular weight excluding hydrogens is 365 g/mol. The summed E-state index contributed by atoms with van der Waals surface area (Å²) in [6, 6.07) is 17.3. The predicted octanol–water partition coefficient (Wildman–Crippen LogP) is 4.54. The molecule has 0 amide bonds. The summed E-state index contributed by atoms with van der Waals surface area (Å²) in [5.74, 6) is 0.949. The van der Waals surface area contributed by atoms with Crippen molar-refractivity contribution in [1.82, 2.24) is 20.2 Å². The van der Waals surface area contributed by atoms with Crippen LogP contribution in [0.15, 0.2) is 66.9 Å². The molecule has 0 spiro atoms. The Morgan fingerprint density at radius 2 is 1.78 bits per heavy atom. The zero-order valence-electron chi connectivity index (χ0n) is 14.0. The molecule has 27 heavy (non-hydrogen) atoms. The van der Waals surface area contributed by atoms with Gasteiger partial charge < -0.3 is 10.1 Å². The fraction of sp³-hybridized carbons (Fsp3) is 0.0526. The van der Waals surface area contributed by atoms with Crippen molar-refractivity contribution >= 4 is 17.3 Å². The average molecular weight is 379 g/mol. The van der Waals surface area contributed by atoms with Crippen LogP contribution in [0.1, 0.15) is 5.01 Å². The Balaban J connectivity index is 1.40. The molecule has 0 aliphatic heterocycles. The van der Waals surface area contributed by atoms with Gasteiger partial charge >= 0.3 is 0 Å². The molecule has 8 heteroatoms. The van der Waals surface area contributed by atoms with E-state index >= 15 is 0 Å². The predicted molar refractivity (Wildman–Crippen MR) is 101 cm³/mol. The van der Waals surface area contributed by atoms with Gasteiger partial charge in [-0.3, -0.25) is 0 Å².